The highest BCUT2D eigenvalue weighted by Gasteiger charge is 2.24. The maximum Gasteiger partial charge on any atom is 0.159 e. The predicted molar refractivity (Wildman–Crippen MR) is 86.3 cm³/mol. The Morgan fingerprint density at radius 3 is 2.62 bits per heavy atom. The van der Waals surface area contributed by atoms with E-state index in [1.165, 1.54) is 24.8 Å². The van der Waals surface area contributed by atoms with Crippen molar-refractivity contribution in [3.8, 4) is 11.4 Å². The van der Waals surface area contributed by atoms with E-state index in [1.54, 1.807) is 0 Å². The third-order valence-electron chi connectivity index (χ3n) is 4.08. The second-order valence-electron chi connectivity index (χ2n) is 5.70. The van der Waals surface area contributed by atoms with Crippen molar-refractivity contribution in [2.45, 2.75) is 32.1 Å². The normalized spacial score (nSPS) is 14.8. The summed E-state index contributed by atoms with van der Waals surface area (Å²) in [6.45, 7) is 3.46. The van der Waals surface area contributed by atoms with Gasteiger partial charge in [0.15, 0.2) is 5.82 Å². The van der Waals surface area contributed by atoms with E-state index in [-0.39, 0.29) is 0 Å². The topological polar surface area (TPSA) is 63.8 Å². The van der Waals surface area contributed by atoms with Gasteiger partial charge in [-0.05, 0) is 19.8 Å². The molecule has 110 valence electrons. The van der Waals surface area contributed by atoms with Crippen LogP contribution in [-0.4, -0.2) is 23.1 Å². The summed E-state index contributed by atoms with van der Waals surface area (Å²) in [5.41, 5.74) is 10.1. The molecular formula is C17H22N4. The van der Waals surface area contributed by atoms with Crippen molar-refractivity contribution in [2.24, 2.45) is 5.73 Å². The lowest BCUT2D eigenvalue weighted by Crippen LogP contribution is -2.18. The Morgan fingerprint density at radius 2 is 2.00 bits per heavy atom. The molecule has 0 aliphatic heterocycles. The number of anilines is 1. The predicted octanol–water partition coefficient (Wildman–Crippen LogP) is 3.09. The van der Waals surface area contributed by atoms with Gasteiger partial charge in [0, 0.05) is 24.6 Å². The summed E-state index contributed by atoms with van der Waals surface area (Å²) in [4.78, 5) is 9.35. The lowest BCUT2D eigenvalue weighted by Gasteiger charge is -2.27. The van der Waals surface area contributed by atoms with Gasteiger partial charge in [0.05, 0.1) is 17.6 Å². The number of benzene rings is 1. The largest absolute Gasteiger partial charge is 0.381 e. The molecule has 0 atom stereocenters. The van der Waals surface area contributed by atoms with Crippen LogP contribution in [0.15, 0.2) is 30.5 Å². The molecule has 0 unspecified atom stereocenters. The van der Waals surface area contributed by atoms with E-state index >= 15 is 0 Å². The molecule has 21 heavy (non-hydrogen) atoms. The van der Waals surface area contributed by atoms with E-state index in [4.69, 9.17) is 10.7 Å². The molecule has 1 fully saturated rings. The van der Waals surface area contributed by atoms with E-state index in [0.29, 0.717) is 12.5 Å². The van der Waals surface area contributed by atoms with Gasteiger partial charge in [-0.3, -0.25) is 0 Å². The average molecular weight is 282 g/mol. The zero-order valence-electron chi connectivity index (χ0n) is 12.5. The summed E-state index contributed by atoms with van der Waals surface area (Å²) in [6, 6.07) is 8.37. The third kappa shape index (κ3) is 3.05. The number of nitrogens with two attached hydrogens (primary N) is 1. The second kappa shape index (κ2) is 6.22. The van der Waals surface area contributed by atoms with Crippen LogP contribution in [0.5, 0.6) is 0 Å². The number of hydrogen-bond donors (Lipinski definition) is 2. The fourth-order valence-corrected chi connectivity index (χ4v) is 2.57. The minimum absolute atomic E-state index is 0.567. The maximum atomic E-state index is 5.58. The molecule has 1 saturated carbocycles. The SMILES string of the molecule is Cc1ccc(-c2ncc(NCCN)c(C3CCC3)n2)cc1. The van der Waals surface area contributed by atoms with E-state index < -0.39 is 0 Å². The molecule has 2 aromatic rings. The Morgan fingerprint density at radius 1 is 1.24 bits per heavy atom. The van der Waals surface area contributed by atoms with Crippen molar-refractivity contribution in [1.29, 1.82) is 0 Å². The molecule has 1 aliphatic rings. The second-order valence-corrected chi connectivity index (χ2v) is 5.70. The third-order valence-corrected chi connectivity index (χ3v) is 4.08. The highest BCUT2D eigenvalue weighted by molar-refractivity contribution is 5.59. The Kier molecular flexibility index (Phi) is 4.15. The van der Waals surface area contributed by atoms with Crippen molar-refractivity contribution in [3.63, 3.8) is 0 Å². The summed E-state index contributed by atoms with van der Waals surface area (Å²) >= 11 is 0. The first-order chi connectivity index (χ1) is 10.3. The van der Waals surface area contributed by atoms with E-state index in [2.05, 4.69) is 41.5 Å². The van der Waals surface area contributed by atoms with Crippen LogP contribution in [0.3, 0.4) is 0 Å². The monoisotopic (exact) mass is 282 g/mol. The lowest BCUT2D eigenvalue weighted by atomic mass is 9.82. The van der Waals surface area contributed by atoms with E-state index in [1.807, 2.05) is 6.20 Å². The molecular weight excluding hydrogens is 260 g/mol. The Bertz CT molecular complexity index is 603. The molecule has 0 radical (unpaired) electrons. The molecule has 3 N–H and O–H groups in total. The van der Waals surface area contributed by atoms with E-state index in [0.717, 1.165) is 29.3 Å². The molecule has 1 heterocycles. The number of nitrogens with zero attached hydrogens (tertiary/aromatic N) is 2. The molecule has 1 aromatic carbocycles. The zero-order valence-corrected chi connectivity index (χ0v) is 12.5. The van der Waals surface area contributed by atoms with Gasteiger partial charge >= 0.3 is 0 Å². The van der Waals surface area contributed by atoms with Crippen LogP contribution in [0.1, 0.15) is 36.4 Å². The van der Waals surface area contributed by atoms with Crippen molar-refractivity contribution in [1.82, 2.24) is 9.97 Å². The van der Waals surface area contributed by atoms with Crippen LogP contribution < -0.4 is 11.1 Å². The summed E-state index contributed by atoms with van der Waals surface area (Å²) in [5, 5.41) is 3.35. The quantitative estimate of drug-likeness (QED) is 0.884. The first kappa shape index (κ1) is 14.0. The van der Waals surface area contributed by atoms with Gasteiger partial charge in [-0.25, -0.2) is 9.97 Å². The lowest BCUT2D eigenvalue weighted by molar-refractivity contribution is 0.412. The minimum atomic E-state index is 0.567. The first-order valence-electron chi connectivity index (χ1n) is 7.66. The summed E-state index contributed by atoms with van der Waals surface area (Å²) in [6.07, 6.45) is 5.65. The maximum absolute atomic E-state index is 5.58. The molecule has 4 heteroatoms. The van der Waals surface area contributed by atoms with Crippen LogP contribution in [-0.2, 0) is 0 Å². The molecule has 0 bridgehead atoms. The van der Waals surface area contributed by atoms with Crippen LogP contribution in [0.4, 0.5) is 5.69 Å². The van der Waals surface area contributed by atoms with Gasteiger partial charge in [0.2, 0.25) is 0 Å². The number of aryl methyl sites for hydroxylation is 1. The summed E-state index contributed by atoms with van der Waals surface area (Å²) < 4.78 is 0. The van der Waals surface area contributed by atoms with Gasteiger partial charge in [-0.15, -0.1) is 0 Å². The summed E-state index contributed by atoms with van der Waals surface area (Å²) in [7, 11) is 0. The van der Waals surface area contributed by atoms with Crippen LogP contribution in [0.25, 0.3) is 11.4 Å². The van der Waals surface area contributed by atoms with Crippen molar-refractivity contribution in [2.75, 3.05) is 18.4 Å². The van der Waals surface area contributed by atoms with Crippen LogP contribution in [0.2, 0.25) is 0 Å². The Balaban J connectivity index is 1.93. The van der Waals surface area contributed by atoms with Gasteiger partial charge in [0.1, 0.15) is 0 Å². The van der Waals surface area contributed by atoms with Gasteiger partial charge in [-0.2, -0.15) is 0 Å². The van der Waals surface area contributed by atoms with Gasteiger partial charge in [0.25, 0.3) is 0 Å². The van der Waals surface area contributed by atoms with Crippen molar-refractivity contribution >= 4 is 5.69 Å². The van der Waals surface area contributed by atoms with Gasteiger partial charge < -0.3 is 11.1 Å². The number of rotatable bonds is 5. The smallest absolute Gasteiger partial charge is 0.159 e. The molecule has 0 amide bonds. The van der Waals surface area contributed by atoms with Crippen LogP contribution >= 0.6 is 0 Å². The standard InChI is InChI=1S/C17H22N4/c1-12-5-7-14(8-6-12)17-20-11-15(19-10-9-18)16(21-17)13-3-2-4-13/h5-8,11,13,19H,2-4,9-10,18H2,1H3. The molecule has 1 aliphatic carbocycles. The number of aromatic nitrogens is 2. The highest BCUT2D eigenvalue weighted by atomic mass is 15.0. The molecule has 1 aromatic heterocycles. The molecule has 0 saturated heterocycles. The average Bonchev–Trinajstić information content (AvgIpc) is 2.45. The van der Waals surface area contributed by atoms with Gasteiger partial charge in [-0.1, -0.05) is 36.2 Å². The number of hydrogen-bond acceptors (Lipinski definition) is 4. The fourth-order valence-electron chi connectivity index (χ4n) is 2.57. The Labute approximate surface area is 125 Å². The molecule has 3 rings (SSSR count). The molecule has 4 nitrogen and oxygen atoms in total. The van der Waals surface area contributed by atoms with Crippen molar-refractivity contribution < 1.29 is 0 Å². The number of nitrogens with one attached hydrogen (secondary N) is 1. The highest BCUT2D eigenvalue weighted by Crippen LogP contribution is 2.39. The first-order valence-corrected chi connectivity index (χ1v) is 7.66. The van der Waals surface area contributed by atoms with Crippen molar-refractivity contribution in [3.05, 3.63) is 41.7 Å². The molecule has 0 spiro atoms. The zero-order chi connectivity index (χ0) is 14.7. The van der Waals surface area contributed by atoms with E-state index in [9.17, 15) is 0 Å². The minimum Gasteiger partial charge on any atom is -0.381 e. The fraction of sp³-hybridized carbons (Fsp3) is 0.412. The summed E-state index contributed by atoms with van der Waals surface area (Å²) in [5.74, 6) is 1.38. The Hall–Kier alpha value is -1.94. The van der Waals surface area contributed by atoms with Crippen LogP contribution in [0, 0.1) is 6.92 Å².